The minimum Gasteiger partial charge on any atom is -0.480 e. The lowest BCUT2D eigenvalue weighted by atomic mass is 9.98. The van der Waals surface area contributed by atoms with Crippen LogP contribution in [0.4, 0.5) is 4.79 Å². The van der Waals surface area contributed by atoms with Crippen molar-refractivity contribution in [2.75, 3.05) is 26.2 Å². The second-order valence-corrected chi connectivity index (χ2v) is 8.16. The molecular weight excluding hydrogens is 408 g/mol. The van der Waals surface area contributed by atoms with E-state index in [1.54, 1.807) is 0 Å². The SMILES string of the molecule is O=C(O)CN(CC1CC1)C(=O)/C=C/CNC(=O)OCC1c2ccccc2-c2ccccc21. The third-order valence-corrected chi connectivity index (χ3v) is 5.78. The van der Waals surface area contributed by atoms with Crippen molar-refractivity contribution < 1.29 is 24.2 Å². The van der Waals surface area contributed by atoms with Crippen LogP contribution in [-0.2, 0) is 14.3 Å². The van der Waals surface area contributed by atoms with E-state index in [1.165, 1.54) is 17.1 Å². The summed E-state index contributed by atoms with van der Waals surface area (Å²) in [6.45, 7) is 0.470. The first-order valence-electron chi connectivity index (χ1n) is 10.8. The Morgan fingerprint density at radius 1 is 1.03 bits per heavy atom. The number of carboxylic acids is 1. The van der Waals surface area contributed by atoms with E-state index >= 15 is 0 Å². The molecule has 0 saturated heterocycles. The first-order chi connectivity index (χ1) is 15.5. The maximum atomic E-state index is 12.3. The van der Waals surface area contributed by atoms with Gasteiger partial charge in [0, 0.05) is 25.1 Å². The van der Waals surface area contributed by atoms with E-state index in [1.807, 2.05) is 24.3 Å². The summed E-state index contributed by atoms with van der Waals surface area (Å²) < 4.78 is 5.45. The molecule has 0 aromatic heterocycles. The Morgan fingerprint density at radius 3 is 2.25 bits per heavy atom. The zero-order chi connectivity index (χ0) is 22.5. The van der Waals surface area contributed by atoms with Gasteiger partial charge in [0.25, 0.3) is 0 Å². The number of nitrogens with zero attached hydrogens (tertiary/aromatic N) is 1. The smallest absolute Gasteiger partial charge is 0.407 e. The molecule has 4 rings (SSSR count). The minimum absolute atomic E-state index is 0.0164. The number of hydrogen-bond donors (Lipinski definition) is 2. The molecule has 0 unspecified atom stereocenters. The molecule has 0 bridgehead atoms. The Hall–Kier alpha value is -3.61. The lowest BCUT2D eigenvalue weighted by molar-refractivity contribution is -0.142. The van der Waals surface area contributed by atoms with E-state index in [0.717, 1.165) is 35.1 Å². The summed E-state index contributed by atoms with van der Waals surface area (Å²) in [6, 6.07) is 16.2. The van der Waals surface area contributed by atoms with E-state index in [4.69, 9.17) is 9.84 Å². The summed E-state index contributed by atoms with van der Waals surface area (Å²) >= 11 is 0. The highest BCUT2D eigenvalue weighted by Gasteiger charge is 2.29. The molecule has 2 aliphatic rings. The Kier molecular flexibility index (Phi) is 6.54. The number of hydrogen-bond acceptors (Lipinski definition) is 4. The Bertz CT molecular complexity index is 999. The molecule has 2 aromatic rings. The van der Waals surface area contributed by atoms with Gasteiger partial charge in [-0.3, -0.25) is 9.59 Å². The quantitative estimate of drug-likeness (QED) is 0.590. The zero-order valence-corrected chi connectivity index (χ0v) is 17.7. The maximum absolute atomic E-state index is 12.3. The van der Waals surface area contributed by atoms with Crippen LogP contribution in [0, 0.1) is 5.92 Å². The molecule has 0 radical (unpaired) electrons. The highest BCUT2D eigenvalue weighted by molar-refractivity contribution is 5.90. The number of fused-ring (bicyclic) bond motifs is 3. The second kappa shape index (κ2) is 9.68. The van der Waals surface area contributed by atoms with E-state index in [2.05, 4.69) is 29.6 Å². The van der Waals surface area contributed by atoms with Crippen LogP contribution in [0.25, 0.3) is 11.1 Å². The van der Waals surface area contributed by atoms with Crippen molar-refractivity contribution in [1.29, 1.82) is 0 Å². The number of benzene rings is 2. The van der Waals surface area contributed by atoms with Crippen molar-refractivity contribution in [2.45, 2.75) is 18.8 Å². The number of carboxylic acid groups (broad SMARTS) is 1. The predicted octanol–water partition coefficient (Wildman–Crippen LogP) is 3.40. The van der Waals surface area contributed by atoms with Gasteiger partial charge >= 0.3 is 12.1 Å². The van der Waals surface area contributed by atoms with Crippen LogP contribution in [0.2, 0.25) is 0 Å². The van der Waals surface area contributed by atoms with Crippen LogP contribution in [0.5, 0.6) is 0 Å². The summed E-state index contributed by atoms with van der Waals surface area (Å²) in [5, 5.41) is 11.6. The van der Waals surface area contributed by atoms with E-state index in [9.17, 15) is 14.4 Å². The van der Waals surface area contributed by atoms with Gasteiger partial charge in [-0.15, -0.1) is 0 Å². The van der Waals surface area contributed by atoms with E-state index in [-0.39, 0.29) is 31.5 Å². The van der Waals surface area contributed by atoms with E-state index < -0.39 is 12.1 Å². The first-order valence-corrected chi connectivity index (χ1v) is 10.8. The van der Waals surface area contributed by atoms with Gasteiger partial charge in [-0.2, -0.15) is 0 Å². The Labute approximate surface area is 186 Å². The lowest BCUT2D eigenvalue weighted by Gasteiger charge is -2.18. The molecule has 1 saturated carbocycles. The fourth-order valence-corrected chi connectivity index (χ4v) is 4.06. The van der Waals surface area contributed by atoms with Crippen molar-refractivity contribution in [3.63, 3.8) is 0 Å². The van der Waals surface area contributed by atoms with Crippen molar-refractivity contribution in [3.05, 3.63) is 71.8 Å². The summed E-state index contributed by atoms with van der Waals surface area (Å²) in [6.07, 6.45) is 4.29. The average Bonchev–Trinajstić information content (AvgIpc) is 3.55. The first kappa shape index (κ1) is 21.6. The highest BCUT2D eigenvalue weighted by atomic mass is 16.5. The summed E-state index contributed by atoms with van der Waals surface area (Å²) in [5.74, 6) is -1.03. The summed E-state index contributed by atoms with van der Waals surface area (Å²) in [5.41, 5.74) is 4.61. The number of carbonyl (C=O) groups excluding carboxylic acids is 2. The molecule has 7 heteroatoms. The zero-order valence-electron chi connectivity index (χ0n) is 17.7. The van der Waals surface area contributed by atoms with Gasteiger partial charge < -0.3 is 20.1 Å². The largest absolute Gasteiger partial charge is 0.480 e. The number of carbonyl (C=O) groups is 3. The molecule has 0 spiro atoms. The van der Waals surface area contributed by atoms with Gasteiger partial charge in [0.1, 0.15) is 13.2 Å². The van der Waals surface area contributed by atoms with Gasteiger partial charge in [-0.1, -0.05) is 54.6 Å². The maximum Gasteiger partial charge on any atom is 0.407 e. The average molecular weight is 434 g/mol. The Morgan fingerprint density at radius 2 is 1.66 bits per heavy atom. The fourth-order valence-electron chi connectivity index (χ4n) is 4.06. The number of aliphatic carboxylic acids is 1. The van der Waals surface area contributed by atoms with E-state index in [0.29, 0.717) is 12.5 Å². The minimum atomic E-state index is -1.04. The third kappa shape index (κ3) is 5.17. The lowest BCUT2D eigenvalue weighted by Crippen LogP contribution is -2.36. The van der Waals surface area contributed by atoms with Crippen molar-refractivity contribution in [3.8, 4) is 11.1 Å². The van der Waals surface area contributed by atoms with Crippen LogP contribution >= 0.6 is 0 Å². The molecule has 2 amide bonds. The van der Waals surface area contributed by atoms with Gasteiger partial charge in [0.2, 0.25) is 5.91 Å². The number of ether oxygens (including phenoxy) is 1. The standard InChI is InChI=1S/C25H26N2O5/c28-23(27(15-24(29)30)14-17-11-12-17)10-5-13-26-25(31)32-16-22-20-8-3-1-6-18(20)19-7-2-4-9-21(19)22/h1-10,17,22H,11-16H2,(H,26,31)(H,29,30)/b10-5+. The highest BCUT2D eigenvalue weighted by Crippen LogP contribution is 2.44. The molecule has 0 heterocycles. The molecule has 2 aromatic carbocycles. The van der Waals surface area contributed by atoms with Crippen LogP contribution in [0.1, 0.15) is 29.9 Å². The van der Waals surface area contributed by atoms with Crippen LogP contribution < -0.4 is 5.32 Å². The van der Waals surface area contributed by atoms with Crippen molar-refractivity contribution in [1.82, 2.24) is 10.2 Å². The Balaban J connectivity index is 1.27. The van der Waals surface area contributed by atoms with Gasteiger partial charge in [-0.05, 0) is 41.0 Å². The van der Waals surface area contributed by atoms with Crippen LogP contribution in [0.3, 0.4) is 0 Å². The molecule has 7 nitrogen and oxygen atoms in total. The molecule has 1 fully saturated rings. The van der Waals surface area contributed by atoms with Crippen LogP contribution in [-0.4, -0.2) is 54.2 Å². The topological polar surface area (TPSA) is 95.9 Å². The summed E-state index contributed by atoms with van der Waals surface area (Å²) in [4.78, 5) is 36.7. The van der Waals surface area contributed by atoms with Crippen LogP contribution in [0.15, 0.2) is 60.7 Å². The number of amides is 2. The monoisotopic (exact) mass is 434 g/mol. The summed E-state index contributed by atoms with van der Waals surface area (Å²) in [7, 11) is 0. The van der Waals surface area contributed by atoms with Gasteiger partial charge in [0.15, 0.2) is 0 Å². The predicted molar refractivity (Wildman–Crippen MR) is 119 cm³/mol. The number of nitrogens with one attached hydrogen (secondary N) is 1. The molecule has 32 heavy (non-hydrogen) atoms. The van der Waals surface area contributed by atoms with Gasteiger partial charge in [-0.25, -0.2) is 4.79 Å². The molecule has 0 aliphatic heterocycles. The van der Waals surface area contributed by atoms with Crippen molar-refractivity contribution >= 4 is 18.0 Å². The molecule has 0 atom stereocenters. The third-order valence-electron chi connectivity index (χ3n) is 5.78. The van der Waals surface area contributed by atoms with Crippen molar-refractivity contribution in [2.24, 2.45) is 5.92 Å². The number of rotatable bonds is 9. The normalized spacial score (nSPS) is 14.6. The second-order valence-electron chi connectivity index (χ2n) is 8.16. The fraction of sp³-hybridized carbons (Fsp3) is 0.320. The molecular formula is C25H26N2O5. The number of alkyl carbamates (subject to hydrolysis) is 1. The molecule has 2 N–H and O–H groups in total. The molecule has 2 aliphatic carbocycles. The van der Waals surface area contributed by atoms with Gasteiger partial charge in [0.05, 0.1) is 0 Å². The molecule has 166 valence electrons.